The standard InChI is InChI=1S/C19H15ClN2O4/c1-25-13-6-3-11(4-7-13)9-15(20)17-21-16-10-12(19(24)26-2)5-8-14(16)18(23)22-17/h3-10H,1-2H3,(H,21,22,23). The van der Waals surface area contributed by atoms with Gasteiger partial charge in [0.05, 0.1) is 35.7 Å². The monoisotopic (exact) mass is 370 g/mol. The number of esters is 1. The van der Waals surface area contributed by atoms with Crippen molar-refractivity contribution < 1.29 is 14.3 Å². The number of H-pyrrole nitrogens is 1. The highest BCUT2D eigenvalue weighted by Crippen LogP contribution is 2.21. The van der Waals surface area contributed by atoms with E-state index in [4.69, 9.17) is 21.1 Å². The van der Waals surface area contributed by atoms with Gasteiger partial charge in [-0.1, -0.05) is 23.7 Å². The molecule has 0 radical (unpaired) electrons. The van der Waals surface area contributed by atoms with Crippen LogP contribution in [-0.2, 0) is 4.74 Å². The Balaban J connectivity index is 2.04. The predicted molar refractivity (Wildman–Crippen MR) is 100 cm³/mol. The maximum atomic E-state index is 12.3. The van der Waals surface area contributed by atoms with E-state index in [0.717, 1.165) is 11.3 Å². The molecule has 0 amide bonds. The van der Waals surface area contributed by atoms with Crippen LogP contribution in [0, 0.1) is 0 Å². The molecule has 0 aliphatic rings. The van der Waals surface area contributed by atoms with Crippen LogP contribution in [-0.4, -0.2) is 30.2 Å². The number of rotatable bonds is 4. The van der Waals surface area contributed by atoms with Crippen molar-refractivity contribution >= 4 is 39.6 Å². The molecule has 7 heteroatoms. The summed E-state index contributed by atoms with van der Waals surface area (Å²) in [7, 11) is 2.88. The third-order valence-corrected chi connectivity index (χ3v) is 4.05. The number of aromatic amines is 1. The summed E-state index contributed by atoms with van der Waals surface area (Å²) < 4.78 is 9.80. The Morgan fingerprint density at radius 2 is 1.88 bits per heavy atom. The minimum atomic E-state index is -0.504. The maximum absolute atomic E-state index is 12.3. The second-order valence-electron chi connectivity index (χ2n) is 5.40. The summed E-state index contributed by atoms with van der Waals surface area (Å²) in [5.74, 6) is 0.434. The van der Waals surface area contributed by atoms with E-state index in [1.165, 1.54) is 25.3 Å². The molecule has 0 atom stereocenters. The van der Waals surface area contributed by atoms with E-state index in [2.05, 4.69) is 9.97 Å². The van der Waals surface area contributed by atoms with Crippen LogP contribution >= 0.6 is 11.6 Å². The molecule has 26 heavy (non-hydrogen) atoms. The highest BCUT2D eigenvalue weighted by molar-refractivity contribution is 6.50. The van der Waals surface area contributed by atoms with Gasteiger partial charge in [0.2, 0.25) is 0 Å². The Morgan fingerprint density at radius 3 is 2.54 bits per heavy atom. The van der Waals surface area contributed by atoms with E-state index < -0.39 is 5.97 Å². The zero-order valence-electron chi connectivity index (χ0n) is 14.1. The molecule has 1 N–H and O–H groups in total. The SMILES string of the molecule is COC(=O)c1ccc2c(=O)[nH]c(C(Cl)=Cc3ccc(OC)cc3)nc2c1. The van der Waals surface area contributed by atoms with Gasteiger partial charge >= 0.3 is 5.97 Å². The lowest BCUT2D eigenvalue weighted by atomic mass is 10.1. The Morgan fingerprint density at radius 1 is 1.15 bits per heavy atom. The summed E-state index contributed by atoms with van der Waals surface area (Å²) in [5, 5.41) is 0.618. The molecule has 1 aromatic heterocycles. The van der Waals surface area contributed by atoms with Crippen LogP contribution in [0.3, 0.4) is 0 Å². The molecule has 0 saturated heterocycles. The number of nitrogens with one attached hydrogen (secondary N) is 1. The topological polar surface area (TPSA) is 81.3 Å². The highest BCUT2D eigenvalue weighted by Gasteiger charge is 2.11. The normalized spacial score (nSPS) is 11.4. The van der Waals surface area contributed by atoms with Gasteiger partial charge in [0.25, 0.3) is 5.56 Å². The van der Waals surface area contributed by atoms with Gasteiger partial charge in [-0.15, -0.1) is 0 Å². The molecule has 0 saturated carbocycles. The largest absolute Gasteiger partial charge is 0.497 e. The average Bonchev–Trinajstić information content (AvgIpc) is 2.67. The summed E-state index contributed by atoms with van der Waals surface area (Å²) in [6, 6.07) is 11.8. The molecule has 132 valence electrons. The number of ether oxygens (including phenoxy) is 2. The van der Waals surface area contributed by atoms with Crippen LogP contribution in [0.2, 0.25) is 0 Å². The number of fused-ring (bicyclic) bond motifs is 1. The summed E-state index contributed by atoms with van der Waals surface area (Å²) in [5.41, 5.74) is 1.14. The van der Waals surface area contributed by atoms with Gasteiger partial charge in [-0.05, 0) is 42.0 Å². The molecule has 0 unspecified atom stereocenters. The molecule has 0 aliphatic heterocycles. The summed E-state index contributed by atoms with van der Waals surface area (Å²) in [6.45, 7) is 0. The molecule has 1 heterocycles. The van der Waals surface area contributed by atoms with E-state index in [9.17, 15) is 9.59 Å². The van der Waals surface area contributed by atoms with Gasteiger partial charge < -0.3 is 14.5 Å². The van der Waals surface area contributed by atoms with E-state index in [1.807, 2.05) is 12.1 Å². The number of halogens is 1. The molecule has 0 spiro atoms. The van der Waals surface area contributed by atoms with Crippen LogP contribution in [0.25, 0.3) is 22.0 Å². The molecule has 3 aromatic rings. The van der Waals surface area contributed by atoms with Gasteiger partial charge in [-0.3, -0.25) is 4.79 Å². The minimum Gasteiger partial charge on any atom is -0.497 e. The molecule has 0 bridgehead atoms. The summed E-state index contributed by atoms with van der Waals surface area (Å²) >= 11 is 6.32. The predicted octanol–water partition coefficient (Wildman–Crippen LogP) is 3.46. The molecular formula is C19H15ClN2O4. The van der Waals surface area contributed by atoms with Crippen molar-refractivity contribution in [1.82, 2.24) is 9.97 Å². The van der Waals surface area contributed by atoms with E-state index >= 15 is 0 Å². The third kappa shape index (κ3) is 3.60. The van der Waals surface area contributed by atoms with Gasteiger partial charge in [-0.2, -0.15) is 0 Å². The number of methoxy groups -OCH3 is 2. The highest BCUT2D eigenvalue weighted by atomic mass is 35.5. The summed E-state index contributed by atoms with van der Waals surface area (Å²) in [6.07, 6.45) is 1.68. The van der Waals surface area contributed by atoms with Crippen LogP contribution in [0.4, 0.5) is 0 Å². The van der Waals surface area contributed by atoms with Crippen molar-refractivity contribution in [3.8, 4) is 5.75 Å². The van der Waals surface area contributed by atoms with E-state index in [0.29, 0.717) is 16.5 Å². The van der Waals surface area contributed by atoms with Gasteiger partial charge in [-0.25, -0.2) is 9.78 Å². The molecule has 0 fully saturated rings. The number of benzene rings is 2. The Labute approximate surface area is 154 Å². The summed E-state index contributed by atoms with van der Waals surface area (Å²) in [4.78, 5) is 30.9. The van der Waals surface area contributed by atoms with Crippen molar-refractivity contribution in [2.24, 2.45) is 0 Å². The minimum absolute atomic E-state index is 0.210. The number of aromatic nitrogens is 2. The van der Waals surface area contributed by atoms with Gasteiger partial charge in [0.15, 0.2) is 5.82 Å². The Kier molecular flexibility index (Phi) is 5.04. The number of hydrogen-bond acceptors (Lipinski definition) is 5. The van der Waals surface area contributed by atoms with Crippen LogP contribution < -0.4 is 10.3 Å². The van der Waals surface area contributed by atoms with E-state index in [-0.39, 0.29) is 16.4 Å². The van der Waals surface area contributed by atoms with Crippen molar-refractivity contribution in [3.05, 3.63) is 69.8 Å². The lowest BCUT2D eigenvalue weighted by Crippen LogP contribution is -2.11. The average molecular weight is 371 g/mol. The zero-order valence-corrected chi connectivity index (χ0v) is 14.8. The number of carbonyl (C=O) groups is 1. The Hall–Kier alpha value is -3.12. The fourth-order valence-corrected chi connectivity index (χ4v) is 2.63. The second-order valence-corrected chi connectivity index (χ2v) is 5.81. The first kappa shape index (κ1) is 17.7. The number of carbonyl (C=O) groups excluding carboxylic acids is 1. The molecule has 0 aliphatic carbocycles. The maximum Gasteiger partial charge on any atom is 0.337 e. The van der Waals surface area contributed by atoms with E-state index in [1.54, 1.807) is 25.3 Å². The number of hydrogen-bond donors (Lipinski definition) is 1. The lowest BCUT2D eigenvalue weighted by Gasteiger charge is -2.05. The fraction of sp³-hybridized carbons (Fsp3) is 0.105. The van der Waals surface area contributed by atoms with Crippen LogP contribution in [0.5, 0.6) is 5.75 Å². The molecule has 2 aromatic carbocycles. The van der Waals surface area contributed by atoms with Crippen molar-refractivity contribution in [2.45, 2.75) is 0 Å². The molecular weight excluding hydrogens is 356 g/mol. The van der Waals surface area contributed by atoms with Crippen molar-refractivity contribution in [2.75, 3.05) is 14.2 Å². The molecule has 6 nitrogen and oxygen atoms in total. The third-order valence-electron chi connectivity index (χ3n) is 3.76. The van der Waals surface area contributed by atoms with Crippen LogP contribution in [0.15, 0.2) is 47.3 Å². The fourth-order valence-electron chi connectivity index (χ4n) is 2.41. The first-order valence-electron chi connectivity index (χ1n) is 7.66. The smallest absolute Gasteiger partial charge is 0.337 e. The van der Waals surface area contributed by atoms with Crippen molar-refractivity contribution in [3.63, 3.8) is 0 Å². The lowest BCUT2D eigenvalue weighted by molar-refractivity contribution is 0.0601. The first-order valence-corrected chi connectivity index (χ1v) is 8.03. The molecule has 3 rings (SSSR count). The van der Waals surface area contributed by atoms with Gasteiger partial charge in [0.1, 0.15) is 5.75 Å². The van der Waals surface area contributed by atoms with Crippen LogP contribution in [0.1, 0.15) is 21.7 Å². The Bertz CT molecular complexity index is 1060. The zero-order chi connectivity index (χ0) is 18.7. The number of nitrogens with zero attached hydrogens (tertiary/aromatic N) is 1. The van der Waals surface area contributed by atoms with Gasteiger partial charge in [0, 0.05) is 0 Å². The quantitative estimate of drug-likeness (QED) is 0.711. The first-order chi connectivity index (χ1) is 12.5. The second kappa shape index (κ2) is 7.41. The van der Waals surface area contributed by atoms with Crippen molar-refractivity contribution in [1.29, 1.82) is 0 Å².